The lowest BCUT2D eigenvalue weighted by Crippen LogP contribution is -2.31. The van der Waals surface area contributed by atoms with Gasteiger partial charge in [-0.3, -0.25) is 4.79 Å². The number of thiophene rings is 1. The number of hydrogen-bond acceptors (Lipinski definition) is 5. The summed E-state index contributed by atoms with van der Waals surface area (Å²) in [4.78, 5) is 13.2. The van der Waals surface area contributed by atoms with E-state index in [4.69, 9.17) is 0 Å². The molecule has 0 aliphatic carbocycles. The molecule has 1 unspecified atom stereocenters. The topological polar surface area (TPSA) is 54.5 Å². The molecule has 88 valence electrons. The number of sulfone groups is 1. The van der Waals surface area contributed by atoms with Crippen LogP contribution in [-0.2, 0) is 9.84 Å². The molecular weight excluding hydrogens is 246 g/mol. The Morgan fingerprint density at radius 2 is 2.25 bits per heavy atom. The Labute approximate surface area is 98.8 Å². The highest BCUT2D eigenvalue weighted by atomic mass is 32.2. The van der Waals surface area contributed by atoms with Crippen LogP contribution in [0.15, 0.2) is 12.1 Å². The van der Waals surface area contributed by atoms with E-state index in [2.05, 4.69) is 0 Å². The van der Waals surface area contributed by atoms with E-state index in [0.29, 0.717) is 11.3 Å². The van der Waals surface area contributed by atoms with Gasteiger partial charge >= 0.3 is 0 Å². The van der Waals surface area contributed by atoms with E-state index in [1.165, 1.54) is 11.3 Å². The van der Waals surface area contributed by atoms with Gasteiger partial charge in [0.1, 0.15) is 0 Å². The molecule has 1 aromatic heterocycles. The zero-order chi connectivity index (χ0) is 11.8. The van der Waals surface area contributed by atoms with Crippen LogP contribution in [0.25, 0.3) is 0 Å². The highest BCUT2D eigenvalue weighted by Gasteiger charge is 2.31. The molecule has 0 spiro atoms. The maximum atomic E-state index is 11.4. The highest BCUT2D eigenvalue weighted by Crippen LogP contribution is 2.28. The first-order chi connectivity index (χ1) is 7.52. The summed E-state index contributed by atoms with van der Waals surface area (Å²) in [5.74, 6) is 0.492. The van der Waals surface area contributed by atoms with Gasteiger partial charge in [0.05, 0.1) is 21.4 Å². The molecule has 0 bridgehead atoms. The molecule has 1 saturated heterocycles. The molecule has 0 saturated carbocycles. The first-order valence-corrected chi connectivity index (χ1v) is 7.64. The Hall–Kier alpha value is -0.880. The van der Waals surface area contributed by atoms with Crippen LogP contribution in [0.1, 0.15) is 16.1 Å². The zero-order valence-corrected chi connectivity index (χ0v) is 10.6. The summed E-state index contributed by atoms with van der Waals surface area (Å²) in [5, 5.41) is 0.948. The largest absolute Gasteiger partial charge is 0.362 e. The minimum atomic E-state index is -2.85. The molecule has 0 radical (unpaired) electrons. The minimum absolute atomic E-state index is 0.0446. The van der Waals surface area contributed by atoms with Gasteiger partial charge in [-0.2, -0.15) is 0 Å². The molecule has 1 aromatic rings. The number of rotatable bonds is 3. The summed E-state index contributed by atoms with van der Waals surface area (Å²) in [6.07, 6.45) is 1.49. The molecule has 2 rings (SSSR count). The van der Waals surface area contributed by atoms with Crippen LogP contribution in [-0.4, -0.2) is 39.3 Å². The minimum Gasteiger partial charge on any atom is -0.362 e. The lowest BCUT2D eigenvalue weighted by Gasteiger charge is -2.23. The molecule has 1 atom stereocenters. The molecule has 4 nitrogen and oxygen atoms in total. The third-order valence-electron chi connectivity index (χ3n) is 2.83. The molecule has 1 aliphatic rings. The lowest BCUT2D eigenvalue weighted by atomic mass is 10.2. The molecule has 0 N–H and O–H groups in total. The van der Waals surface area contributed by atoms with Crippen molar-refractivity contribution in [3.63, 3.8) is 0 Å². The fourth-order valence-corrected chi connectivity index (χ4v) is 4.49. The molecule has 6 heteroatoms. The number of aldehydes is 1. The fourth-order valence-electron chi connectivity index (χ4n) is 1.86. The molecule has 0 amide bonds. The van der Waals surface area contributed by atoms with Gasteiger partial charge in [0.15, 0.2) is 16.1 Å². The second-order valence-corrected chi connectivity index (χ2v) is 7.28. The lowest BCUT2D eigenvalue weighted by molar-refractivity contribution is 0.112. The normalized spacial score (nSPS) is 23.2. The SMILES string of the molecule is CN(c1ccc(C=O)s1)C1CCS(=O)(=O)C1. The molecular formula is C10H13NO3S2. The van der Waals surface area contributed by atoms with Crippen LogP contribution < -0.4 is 4.90 Å². The van der Waals surface area contributed by atoms with Gasteiger partial charge in [-0.05, 0) is 18.6 Å². The van der Waals surface area contributed by atoms with Crippen molar-refractivity contribution in [3.8, 4) is 0 Å². The second kappa shape index (κ2) is 4.18. The maximum Gasteiger partial charge on any atom is 0.160 e. The molecule has 16 heavy (non-hydrogen) atoms. The van der Waals surface area contributed by atoms with Crippen molar-refractivity contribution in [2.24, 2.45) is 0 Å². The van der Waals surface area contributed by atoms with Gasteiger partial charge in [0.2, 0.25) is 0 Å². The van der Waals surface area contributed by atoms with Crippen molar-refractivity contribution in [2.75, 3.05) is 23.5 Å². The van der Waals surface area contributed by atoms with Crippen molar-refractivity contribution in [2.45, 2.75) is 12.5 Å². The number of carbonyl (C=O) groups is 1. The smallest absolute Gasteiger partial charge is 0.160 e. The van der Waals surface area contributed by atoms with Crippen molar-refractivity contribution in [1.82, 2.24) is 0 Å². The summed E-state index contributed by atoms with van der Waals surface area (Å²) in [6.45, 7) is 0. The van der Waals surface area contributed by atoms with E-state index in [9.17, 15) is 13.2 Å². The van der Waals surface area contributed by atoms with Crippen LogP contribution >= 0.6 is 11.3 Å². The predicted octanol–water partition coefficient (Wildman–Crippen LogP) is 1.18. The fraction of sp³-hybridized carbons (Fsp3) is 0.500. The second-order valence-electron chi connectivity index (χ2n) is 3.96. The molecule has 1 aliphatic heterocycles. The van der Waals surface area contributed by atoms with Crippen molar-refractivity contribution in [1.29, 1.82) is 0 Å². The Morgan fingerprint density at radius 1 is 1.50 bits per heavy atom. The van der Waals surface area contributed by atoms with Crippen LogP contribution in [0, 0.1) is 0 Å². The number of hydrogen-bond donors (Lipinski definition) is 0. The number of anilines is 1. The van der Waals surface area contributed by atoms with E-state index in [1.54, 1.807) is 6.07 Å². The van der Waals surface area contributed by atoms with Crippen molar-refractivity contribution >= 4 is 32.5 Å². The van der Waals surface area contributed by atoms with Gasteiger partial charge in [-0.1, -0.05) is 0 Å². The Bertz CT molecular complexity index is 492. The summed E-state index contributed by atoms with van der Waals surface area (Å²) >= 11 is 1.39. The Balaban J connectivity index is 2.14. The maximum absolute atomic E-state index is 11.4. The molecule has 1 fully saturated rings. The number of carbonyl (C=O) groups excluding carboxylic acids is 1. The van der Waals surface area contributed by atoms with Crippen LogP contribution in [0.2, 0.25) is 0 Å². The first-order valence-electron chi connectivity index (χ1n) is 5.00. The molecule has 2 heterocycles. The van der Waals surface area contributed by atoms with Crippen molar-refractivity contribution < 1.29 is 13.2 Å². The van der Waals surface area contributed by atoms with Crippen LogP contribution in [0.4, 0.5) is 5.00 Å². The summed E-state index contributed by atoms with van der Waals surface area (Å²) in [5.41, 5.74) is 0. The van der Waals surface area contributed by atoms with E-state index < -0.39 is 9.84 Å². The quantitative estimate of drug-likeness (QED) is 0.765. The average Bonchev–Trinajstić information content (AvgIpc) is 2.83. The highest BCUT2D eigenvalue weighted by molar-refractivity contribution is 7.91. The standard InChI is InChI=1S/C10H13NO3S2/c1-11(8-4-5-16(13,14)7-8)10-3-2-9(6-12)15-10/h2-3,6,8H,4-5,7H2,1H3. The van der Waals surface area contributed by atoms with E-state index >= 15 is 0 Å². The van der Waals surface area contributed by atoms with Crippen LogP contribution in [0.5, 0.6) is 0 Å². The van der Waals surface area contributed by atoms with Gasteiger partial charge < -0.3 is 4.90 Å². The van der Waals surface area contributed by atoms with Gasteiger partial charge in [-0.15, -0.1) is 11.3 Å². The summed E-state index contributed by atoms with van der Waals surface area (Å²) in [7, 11) is -0.973. The van der Waals surface area contributed by atoms with Gasteiger partial charge in [0.25, 0.3) is 0 Å². The zero-order valence-electron chi connectivity index (χ0n) is 8.92. The molecule has 0 aromatic carbocycles. The summed E-state index contributed by atoms with van der Waals surface area (Å²) in [6, 6.07) is 3.66. The monoisotopic (exact) mass is 259 g/mol. The van der Waals surface area contributed by atoms with E-state index in [0.717, 1.165) is 11.3 Å². The predicted molar refractivity (Wildman–Crippen MR) is 65.2 cm³/mol. The average molecular weight is 259 g/mol. The van der Waals surface area contributed by atoms with E-state index in [-0.39, 0.29) is 17.5 Å². The summed E-state index contributed by atoms with van der Waals surface area (Å²) < 4.78 is 22.7. The van der Waals surface area contributed by atoms with Crippen LogP contribution in [0.3, 0.4) is 0 Å². The van der Waals surface area contributed by atoms with E-state index in [1.807, 2.05) is 18.0 Å². The van der Waals surface area contributed by atoms with Crippen molar-refractivity contribution in [3.05, 3.63) is 17.0 Å². The Kier molecular flexibility index (Phi) is 3.03. The number of nitrogens with zero attached hydrogens (tertiary/aromatic N) is 1. The first kappa shape index (κ1) is 11.6. The third-order valence-corrected chi connectivity index (χ3v) is 5.68. The van der Waals surface area contributed by atoms with Gasteiger partial charge in [-0.25, -0.2) is 8.42 Å². The third kappa shape index (κ3) is 2.27. The van der Waals surface area contributed by atoms with Gasteiger partial charge in [0, 0.05) is 13.1 Å². The Morgan fingerprint density at radius 3 is 2.75 bits per heavy atom.